The van der Waals surface area contributed by atoms with Crippen LogP contribution in [0.2, 0.25) is 0 Å². The van der Waals surface area contributed by atoms with Crippen molar-refractivity contribution in [3.63, 3.8) is 0 Å². The van der Waals surface area contributed by atoms with Crippen molar-refractivity contribution in [2.24, 2.45) is 10.9 Å². The van der Waals surface area contributed by atoms with E-state index in [2.05, 4.69) is 34.8 Å². The second-order valence-corrected chi connectivity index (χ2v) is 5.35. The van der Waals surface area contributed by atoms with Gasteiger partial charge in [-0.25, -0.2) is 4.99 Å². The van der Waals surface area contributed by atoms with E-state index in [1.807, 2.05) is 18.2 Å². The van der Waals surface area contributed by atoms with Crippen molar-refractivity contribution in [1.82, 2.24) is 0 Å². The summed E-state index contributed by atoms with van der Waals surface area (Å²) in [5.74, 6) is 2.01. The third-order valence-electron chi connectivity index (χ3n) is 2.80. The molecule has 1 atom stereocenters. The van der Waals surface area contributed by atoms with Crippen molar-refractivity contribution in [2.45, 2.75) is 19.9 Å². The van der Waals surface area contributed by atoms with Crippen molar-refractivity contribution in [3.05, 3.63) is 28.2 Å². The number of benzene rings is 1. The van der Waals surface area contributed by atoms with Gasteiger partial charge in [-0.05, 0) is 24.1 Å². The Bertz CT molecular complexity index is 443. The Hall–Kier alpha value is -1.03. The first-order valence-corrected chi connectivity index (χ1v) is 6.45. The Morgan fingerprint density at radius 3 is 2.76 bits per heavy atom. The molecule has 92 valence electrons. The normalized spacial score (nSPS) is 19.1. The van der Waals surface area contributed by atoms with Crippen LogP contribution in [0.25, 0.3) is 0 Å². The van der Waals surface area contributed by atoms with Gasteiger partial charge in [-0.3, -0.25) is 0 Å². The molecule has 1 heterocycles. The average molecular weight is 298 g/mol. The summed E-state index contributed by atoms with van der Waals surface area (Å²) < 4.78 is 11.8. The SMILES string of the molecule is COc1cc(Br)cc(C2=N[C@@H](C(C)C)CO2)c1. The molecule has 0 aliphatic carbocycles. The molecule has 0 fully saturated rings. The highest BCUT2D eigenvalue weighted by Crippen LogP contribution is 2.24. The van der Waals surface area contributed by atoms with Crippen LogP contribution in [-0.4, -0.2) is 25.7 Å². The number of ether oxygens (including phenoxy) is 2. The van der Waals surface area contributed by atoms with Crippen LogP contribution >= 0.6 is 15.9 Å². The van der Waals surface area contributed by atoms with E-state index in [4.69, 9.17) is 9.47 Å². The summed E-state index contributed by atoms with van der Waals surface area (Å²) in [7, 11) is 1.65. The van der Waals surface area contributed by atoms with Gasteiger partial charge in [0, 0.05) is 10.0 Å². The predicted octanol–water partition coefficient (Wildman–Crippen LogP) is 3.26. The van der Waals surface area contributed by atoms with Crippen LogP contribution in [0, 0.1) is 5.92 Å². The number of hydrogen-bond donors (Lipinski definition) is 0. The minimum atomic E-state index is 0.259. The minimum Gasteiger partial charge on any atom is -0.497 e. The largest absolute Gasteiger partial charge is 0.497 e. The van der Waals surface area contributed by atoms with Crippen molar-refractivity contribution < 1.29 is 9.47 Å². The van der Waals surface area contributed by atoms with Crippen LogP contribution in [-0.2, 0) is 4.74 Å². The number of hydrogen-bond acceptors (Lipinski definition) is 3. The van der Waals surface area contributed by atoms with Gasteiger partial charge in [0.15, 0.2) is 0 Å². The van der Waals surface area contributed by atoms with Crippen molar-refractivity contribution in [1.29, 1.82) is 0 Å². The topological polar surface area (TPSA) is 30.8 Å². The first kappa shape index (κ1) is 12.4. The van der Waals surface area contributed by atoms with E-state index in [1.165, 1.54) is 0 Å². The Morgan fingerprint density at radius 1 is 1.41 bits per heavy atom. The summed E-state index contributed by atoms with van der Waals surface area (Å²) in [5, 5.41) is 0. The highest BCUT2D eigenvalue weighted by molar-refractivity contribution is 9.10. The lowest BCUT2D eigenvalue weighted by molar-refractivity contribution is 0.291. The van der Waals surface area contributed by atoms with Gasteiger partial charge in [0.05, 0.1) is 13.2 Å². The fraction of sp³-hybridized carbons (Fsp3) is 0.462. The molecular formula is C13H16BrNO2. The van der Waals surface area contributed by atoms with Crippen molar-refractivity contribution in [2.75, 3.05) is 13.7 Å². The maximum Gasteiger partial charge on any atom is 0.216 e. The molecule has 0 aromatic heterocycles. The van der Waals surface area contributed by atoms with E-state index < -0.39 is 0 Å². The van der Waals surface area contributed by atoms with Gasteiger partial charge in [0.2, 0.25) is 5.90 Å². The molecule has 0 saturated carbocycles. The number of halogens is 1. The standard InChI is InChI=1S/C13H16BrNO2/c1-8(2)12-7-17-13(15-12)9-4-10(14)6-11(5-9)16-3/h4-6,8,12H,7H2,1-3H3/t12-/m1/s1. The maximum absolute atomic E-state index is 5.64. The van der Waals surface area contributed by atoms with E-state index >= 15 is 0 Å². The van der Waals surface area contributed by atoms with Crippen LogP contribution in [0.4, 0.5) is 0 Å². The zero-order valence-electron chi connectivity index (χ0n) is 10.2. The zero-order chi connectivity index (χ0) is 12.4. The van der Waals surface area contributed by atoms with Crippen molar-refractivity contribution in [3.8, 4) is 5.75 Å². The lowest BCUT2D eigenvalue weighted by Crippen LogP contribution is -2.13. The smallest absolute Gasteiger partial charge is 0.216 e. The molecular weight excluding hydrogens is 282 g/mol. The minimum absolute atomic E-state index is 0.259. The summed E-state index contributed by atoms with van der Waals surface area (Å²) in [6, 6.07) is 6.10. The van der Waals surface area contributed by atoms with Crippen LogP contribution in [0.3, 0.4) is 0 Å². The first-order chi connectivity index (χ1) is 8.10. The molecule has 1 aliphatic rings. The van der Waals surface area contributed by atoms with Crippen molar-refractivity contribution >= 4 is 21.8 Å². The third kappa shape index (κ3) is 2.80. The Morgan fingerprint density at radius 2 is 2.18 bits per heavy atom. The lowest BCUT2D eigenvalue weighted by atomic mass is 10.1. The quantitative estimate of drug-likeness (QED) is 0.857. The van der Waals surface area contributed by atoms with Gasteiger partial charge in [0.1, 0.15) is 12.4 Å². The highest BCUT2D eigenvalue weighted by Gasteiger charge is 2.23. The Balaban J connectivity index is 2.29. The first-order valence-electron chi connectivity index (χ1n) is 5.65. The molecule has 0 unspecified atom stereocenters. The number of rotatable bonds is 3. The summed E-state index contributed by atoms with van der Waals surface area (Å²) in [6.45, 7) is 4.98. The Kier molecular flexibility index (Phi) is 3.72. The van der Waals surface area contributed by atoms with Crippen LogP contribution < -0.4 is 4.74 Å². The molecule has 0 spiro atoms. The molecule has 0 amide bonds. The second kappa shape index (κ2) is 5.08. The molecule has 0 radical (unpaired) electrons. The number of aliphatic imine (C=N–C) groups is 1. The van der Waals surface area contributed by atoms with E-state index in [0.29, 0.717) is 18.4 Å². The molecule has 1 aliphatic heterocycles. The fourth-order valence-electron chi connectivity index (χ4n) is 1.69. The van der Waals surface area contributed by atoms with Crippen LogP contribution in [0.15, 0.2) is 27.7 Å². The van der Waals surface area contributed by atoms with Gasteiger partial charge in [-0.1, -0.05) is 29.8 Å². The molecule has 0 bridgehead atoms. The van der Waals surface area contributed by atoms with Crippen LogP contribution in [0.5, 0.6) is 5.75 Å². The maximum atomic E-state index is 5.64. The summed E-state index contributed by atoms with van der Waals surface area (Å²) >= 11 is 3.45. The van der Waals surface area contributed by atoms with Gasteiger partial charge in [-0.2, -0.15) is 0 Å². The molecule has 1 aromatic rings. The van der Waals surface area contributed by atoms with Gasteiger partial charge in [0.25, 0.3) is 0 Å². The summed E-state index contributed by atoms with van der Waals surface area (Å²) in [5.41, 5.74) is 0.958. The monoisotopic (exact) mass is 297 g/mol. The van der Waals surface area contributed by atoms with Gasteiger partial charge < -0.3 is 9.47 Å². The third-order valence-corrected chi connectivity index (χ3v) is 3.26. The van der Waals surface area contributed by atoms with Crippen LogP contribution in [0.1, 0.15) is 19.4 Å². The molecule has 3 nitrogen and oxygen atoms in total. The van der Waals surface area contributed by atoms with E-state index in [0.717, 1.165) is 15.8 Å². The molecule has 1 aromatic carbocycles. The molecule has 4 heteroatoms. The fourth-order valence-corrected chi connectivity index (χ4v) is 2.17. The number of methoxy groups -OCH3 is 1. The average Bonchev–Trinajstić information content (AvgIpc) is 2.77. The van der Waals surface area contributed by atoms with Gasteiger partial charge >= 0.3 is 0 Å². The van der Waals surface area contributed by atoms with E-state index in [1.54, 1.807) is 7.11 Å². The lowest BCUT2D eigenvalue weighted by Gasteiger charge is -2.06. The summed E-state index contributed by atoms with van der Waals surface area (Å²) in [6.07, 6.45) is 0. The van der Waals surface area contributed by atoms with E-state index in [9.17, 15) is 0 Å². The van der Waals surface area contributed by atoms with E-state index in [-0.39, 0.29) is 6.04 Å². The molecule has 0 N–H and O–H groups in total. The highest BCUT2D eigenvalue weighted by atomic mass is 79.9. The Labute approximate surface area is 110 Å². The number of nitrogens with zero attached hydrogens (tertiary/aromatic N) is 1. The molecule has 2 rings (SSSR count). The summed E-state index contributed by atoms with van der Waals surface area (Å²) in [4.78, 5) is 4.59. The molecule has 0 saturated heterocycles. The predicted molar refractivity (Wildman–Crippen MR) is 71.8 cm³/mol. The molecule has 17 heavy (non-hydrogen) atoms. The van der Waals surface area contributed by atoms with Gasteiger partial charge in [-0.15, -0.1) is 0 Å². The zero-order valence-corrected chi connectivity index (χ0v) is 11.8. The second-order valence-electron chi connectivity index (χ2n) is 4.44.